The molecule has 136 valence electrons. The van der Waals surface area contributed by atoms with Crippen LogP contribution in [0.5, 0.6) is 0 Å². The Morgan fingerprint density at radius 1 is 1.35 bits per heavy atom. The van der Waals surface area contributed by atoms with Gasteiger partial charge in [-0.05, 0) is 50.6 Å². The Kier molecular flexibility index (Phi) is 5.04. The van der Waals surface area contributed by atoms with E-state index in [2.05, 4.69) is 27.1 Å². The number of thiophene rings is 1. The Morgan fingerprint density at radius 2 is 2.19 bits per heavy atom. The Labute approximate surface area is 157 Å². The van der Waals surface area contributed by atoms with Crippen LogP contribution < -0.4 is 5.32 Å². The summed E-state index contributed by atoms with van der Waals surface area (Å²) in [5.41, 5.74) is 4.11. The van der Waals surface area contributed by atoms with Gasteiger partial charge in [0.25, 0.3) is 5.91 Å². The van der Waals surface area contributed by atoms with Gasteiger partial charge in [0.1, 0.15) is 5.69 Å². The number of carbonyl (C=O) groups is 1. The summed E-state index contributed by atoms with van der Waals surface area (Å²) in [6.07, 6.45) is 7.43. The average Bonchev–Trinajstić information content (AvgIpc) is 3.20. The SMILES string of the molecule is Cc1sc2cc(C(=O)NCc3cccnc3)[nH]c2c1CN1CCCCC1. The molecule has 26 heavy (non-hydrogen) atoms. The fourth-order valence-corrected chi connectivity index (χ4v) is 4.65. The van der Waals surface area contributed by atoms with Crippen LogP contribution in [0, 0.1) is 6.92 Å². The number of amides is 1. The standard InChI is InChI=1S/C20H24N4OS/c1-14-16(13-24-8-3-2-4-9-24)19-18(26-14)10-17(23-19)20(25)22-12-15-6-5-7-21-11-15/h5-7,10-11,23H,2-4,8-9,12-13H2,1H3,(H,22,25). The van der Waals surface area contributed by atoms with Gasteiger partial charge in [0.05, 0.1) is 10.2 Å². The van der Waals surface area contributed by atoms with Gasteiger partial charge in [0.2, 0.25) is 0 Å². The molecule has 1 fully saturated rings. The molecule has 6 heteroatoms. The first-order chi connectivity index (χ1) is 12.7. The quantitative estimate of drug-likeness (QED) is 0.719. The third-order valence-corrected chi connectivity index (χ3v) is 6.12. The van der Waals surface area contributed by atoms with Crippen LogP contribution in [0.1, 0.15) is 45.8 Å². The van der Waals surface area contributed by atoms with Crippen LogP contribution in [-0.4, -0.2) is 33.9 Å². The molecule has 0 aromatic carbocycles. The van der Waals surface area contributed by atoms with E-state index in [4.69, 9.17) is 0 Å². The van der Waals surface area contributed by atoms with Crippen molar-refractivity contribution in [3.8, 4) is 0 Å². The molecule has 1 aliphatic heterocycles. The van der Waals surface area contributed by atoms with Crippen molar-refractivity contribution >= 4 is 27.5 Å². The minimum Gasteiger partial charge on any atom is -0.350 e. The highest BCUT2D eigenvalue weighted by molar-refractivity contribution is 7.19. The van der Waals surface area contributed by atoms with Crippen molar-refractivity contribution < 1.29 is 4.79 Å². The number of aromatic nitrogens is 2. The van der Waals surface area contributed by atoms with Crippen molar-refractivity contribution in [1.29, 1.82) is 0 Å². The lowest BCUT2D eigenvalue weighted by Gasteiger charge is -2.26. The number of piperidine rings is 1. The second-order valence-corrected chi connectivity index (χ2v) is 8.20. The summed E-state index contributed by atoms with van der Waals surface area (Å²) in [5, 5.41) is 2.97. The first kappa shape index (κ1) is 17.2. The van der Waals surface area contributed by atoms with Gasteiger partial charge in [-0.15, -0.1) is 11.3 Å². The molecular weight excluding hydrogens is 344 g/mol. The van der Waals surface area contributed by atoms with Gasteiger partial charge < -0.3 is 10.3 Å². The van der Waals surface area contributed by atoms with E-state index in [0.29, 0.717) is 12.2 Å². The van der Waals surface area contributed by atoms with Gasteiger partial charge in [-0.3, -0.25) is 14.7 Å². The first-order valence-corrected chi connectivity index (χ1v) is 10.0. The summed E-state index contributed by atoms with van der Waals surface area (Å²) in [7, 11) is 0. The molecule has 0 atom stereocenters. The maximum Gasteiger partial charge on any atom is 0.268 e. The van der Waals surface area contributed by atoms with Crippen LogP contribution in [0.2, 0.25) is 0 Å². The van der Waals surface area contributed by atoms with E-state index in [-0.39, 0.29) is 5.91 Å². The normalized spacial score (nSPS) is 15.4. The molecule has 1 saturated heterocycles. The van der Waals surface area contributed by atoms with Crippen molar-refractivity contribution in [2.45, 2.75) is 39.3 Å². The number of aryl methyl sites for hydroxylation is 1. The van der Waals surface area contributed by atoms with Crippen LogP contribution in [0.15, 0.2) is 30.6 Å². The van der Waals surface area contributed by atoms with Crippen LogP contribution in [0.25, 0.3) is 10.2 Å². The molecule has 4 heterocycles. The average molecular weight is 369 g/mol. The zero-order valence-electron chi connectivity index (χ0n) is 15.0. The van der Waals surface area contributed by atoms with Gasteiger partial charge in [-0.2, -0.15) is 0 Å². The van der Waals surface area contributed by atoms with Crippen LogP contribution >= 0.6 is 11.3 Å². The summed E-state index contributed by atoms with van der Waals surface area (Å²) in [5.74, 6) is -0.0705. The van der Waals surface area contributed by atoms with E-state index >= 15 is 0 Å². The fraction of sp³-hybridized carbons (Fsp3) is 0.400. The third kappa shape index (κ3) is 3.66. The highest BCUT2D eigenvalue weighted by Gasteiger charge is 2.19. The number of carbonyl (C=O) groups excluding carboxylic acids is 1. The molecule has 0 saturated carbocycles. The lowest BCUT2D eigenvalue weighted by molar-refractivity contribution is 0.0946. The van der Waals surface area contributed by atoms with Crippen molar-refractivity contribution in [2.24, 2.45) is 0 Å². The zero-order valence-corrected chi connectivity index (χ0v) is 15.9. The molecule has 0 aliphatic carbocycles. The fourth-order valence-electron chi connectivity index (χ4n) is 3.58. The monoisotopic (exact) mass is 368 g/mol. The second kappa shape index (κ2) is 7.60. The van der Waals surface area contributed by atoms with Crippen molar-refractivity contribution in [2.75, 3.05) is 13.1 Å². The Bertz CT molecular complexity index is 893. The first-order valence-electron chi connectivity index (χ1n) is 9.21. The number of rotatable bonds is 5. The highest BCUT2D eigenvalue weighted by Crippen LogP contribution is 2.32. The third-order valence-electron chi connectivity index (χ3n) is 5.02. The summed E-state index contributed by atoms with van der Waals surface area (Å²) in [6, 6.07) is 5.81. The molecule has 3 aromatic heterocycles. The van der Waals surface area contributed by atoms with Gasteiger partial charge in [0, 0.05) is 35.9 Å². The van der Waals surface area contributed by atoms with E-state index in [1.165, 1.54) is 47.5 Å². The van der Waals surface area contributed by atoms with Crippen molar-refractivity contribution in [3.05, 3.63) is 52.3 Å². The van der Waals surface area contributed by atoms with Gasteiger partial charge in [0.15, 0.2) is 0 Å². The molecule has 3 aromatic rings. The summed E-state index contributed by atoms with van der Waals surface area (Å²) >= 11 is 1.77. The number of likely N-dealkylation sites (tertiary alicyclic amines) is 1. The van der Waals surface area contributed by atoms with Gasteiger partial charge >= 0.3 is 0 Å². The van der Waals surface area contributed by atoms with E-state index < -0.39 is 0 Å². The van der Waals surface area contributed by atoms with Crippen molar-refractivity contribution in [3.63, 3.8) is 0 Å². The van der Waals surface area contributed by atoms with Gasteiger partial charge in [-0.25, -0.2) is 0 Å². The Morgan fingerprint density at radius 3 is 2.96 bits per heavy atom. The lowest BCUT2D eigenvalue weighted by Crippen LogP contribution is -2.29. The number of hydrogen-bond donors (Lipinski definition) is 2. The number of pyridine rings is 1. The molecule has 5 nitrogen and oxygen atoms in total. The summed E-state index contributed by atoms with van der Waals surface area (Å²) < 4.78 is 1.17. The Hall–Kier alpha value is -2.18. The molecule has 0 radical (unpaired) electrons. The maximum absolute atomic E-state index is 12.5. The predicted molar refractivity (Wildman–Crippen MR) is 105 cm³/mol. The van der Waals surface area contributed by atoms with Crippen LogP contribution in [-0.2, 0) is 13.1 Å². The molecule has 1 aliphatic rings. The Balaban J connectivity index is 1.49. The second-order valence-electron chi connectivity index (χ2n) is 6.94. The molecule has 2 N–H and O–H groups in total. The zero-order chi connectivity index (χ0) is 17.9. The van der Waals surface area contributed by atoms with E-state index in [9.17, 15) is 4.79 Å². The highest BCUT2D eigenvalue weighted by atomic mass is 32.1. The van der Waals surface area contributed by atoms with Crippen molar-refractivity contribution in [1.82, 2.24) is 20.2 Å². The topological polar surface area (TPSA) is 61.0 Å². The number of H-pyrrole nitrogens is 1. The van der Waals surface area contributed by atoms with E-state index in [1.54, 1.807) is 23.7 Å². The number of aromatic amines is 1. The molecule has 0 bridgehead atoms. The maximum atomic E-state index is 12.5. The smallest absolute Gasteiger partial charge is 0.268 e. The predicted octanol–water partition coefficient (Wildman–Crippen LogP) is 3.85. The molecule has 0 unspecified atom stereocenters. The van der Waals surface area contributed by atoms with Crippen LogP contribution in [0.4, 0.5) is 0 Å². The molecule has 1 amide bonds. The molecule has 0 spiro atoms. The number of fused-ring (bicyclic) bond motifs is 1. The number of nitrogens with zero attached hydrogens (tertiary/aromatic N) is 2. The lowest BCUT2D eigenvalue weighted by atomic mass is 10.1. The summed E-state index contributed by atoms with van der Waals surface area (Å²) in [6.45, 7) is 5.99. The van der Waals surface area contributed by atoms with Gasteiger partial charge in [-0.1, -0.05) is 12.5 Å². The molecule has 4 rings (SSSR count). The largest absolute Gasteiger partial charge is 0.350 e. The van der Waals surface area contributed by atoms with Crippen LogP contribution in [0.3, 0.4) is 0 Å². The summed E-state index contributed by atoms with van der Waals surface area (Å²) in [4.78, 5) is 23.8. The molecular formula is C20H24N4OS. The minimum absolute atomic E-state index is 0.0705. The van der Waals surface area contributed by atoms with E-state index in [1.807, 2.05) is 18.2 Å². The number of hydrogen-bond acceptors (Lipinski definition) is 4. The number of nitrogens with one attached hydrogen (secondary N) is 2. The minimum atomic E-state index is -0.0705. The van der Waals surface area contributed by atoms with E-state index in [0.717, 1.165) is 17.6 Å².